The first-order valence-electron chi connectivity index (χ1n) is 7.21. The van der Waals surface area contributed by atoms with Gasteiger partial charge in [0.15, 0.2) is 11.5 Å². The zero-order valence-corrected chi connectivity index (χ0v) is 11.7. The molecule has 0 saturated carbocycles. The van der Waals surface area contributed by atoms with Crippen molar-refractivity contribution in [3.63, 3.8) is 0 Å². The summed E-state index contributed by atoms with van der Waals surface area (Å²) in [5.74, 6) is 7.35. The highest BCUT2D eigenvalue weighted by Crippen LogP contribution is 2.33. The molecule has 0 spiro atoms. The van der Waals surface area contributed by atoms with E-state index in [0.29, 0.717) is 6.61 Å². The number of hydrogen-bond acceptors (Lipinski definition) is 4. The van der Waals surface area contributed by atoms with E-state index < -0.39 is 0 Å². The molecule has 1 heterocycles. The SMILES string of the molecule is CCCCCC(NN)c1ccc2c(c1)OCCCO2. The smallest absolute Gasteiger partial charge is 0.161 e. The van der Waals surface area contributed by atoms with Crippen LogP contribution in [0.15, 0.2) is 18.2 Å². The topological polar surface area (TPSA) is 56.5 Å². The molecule has 1 unspecified atom stereocenters. The van der Waals surface area contributed by atoms with Gasteiger partial charge in [-0.25, -0.2) is 0 Å². The van der Waals surface area contributed by atoms with Gasteiger partial charge in [-0.2, -0.15) is 0 Å². The Bertz CT molecular complexity index is 396. The monoisotopic (exact) mass is 264 g/mol. The molecule has 3 N–H and O–H groups in total. The van der Waals surface area contributed by atoms with Gasteiger partial charge in [-0.1, -0.05) is 32.3 Å². The van der Waals surface area contributed by atoms with Crippen molar-refractivity contribution in [2.45, 2.75) is 45.1 Å². The van der Waals surface area contributed by atoms with E-state index in [0.717, 1.165) is 30.9 Å². The van der Waals surface area contributed by atoms with Gasteiger partial charge in [-0.05, 0) is 24.1 Å². The van der Waals surface area contributed by atoms with Gasteiger partial charge in [0.2, 0.25) is 0 Å². The van der Waals surface area contributed by atoms with Crippen molar-refractivity contribution in [3.8, 4) is 11.5 Å². The molecule has 1 atom stereocenters. The fraction of sp³-hybridized carbons (Fsp3) is 0.600. The van der Waals surface area contributed by atoms with Crippen LogP contribution in [0.4, 0.5) is 0 Å². The molecule has 106 valence electrons. The second-order valence-electron chi connectivity index (χ2n) is 4.97. The minimum absolute atomic E-state index is 0.184. The summed E-state index contributed by atoms with van der Waals surface area (Å²) in [5, 5.41) is 0. The lowest BCUT2D eigenvalue weighted by Gasteiger charge is -2.18. The highest BCUT2D eigenvalue weighted by Gasteiger charge is 2.15. The Morgan fingerprint density at radius 1 is 1.21 bits per heavy atom. The van der Waals surface area contributed by atoms with Crippen molar-refractivity contribution < 1.29 is 9.47 Å². The van der Waals surface area contributed by atoms with Crippen LogP contribution < -0.4 is 20.7 Å². The molecular formula is C15H24N2O2. The molecule has 0 saturated heterocycles. The molecule has 19 heavy (non-hydrogen) atoms. The van der Waals surface area contributed by atoms with Gasteiger partial charge in [-0.15, -0.1) is 0 Å². The molecule has 0 aliphatic carbocycles. The molecule has 4 heteroatoms. The Morgan fingerprint density at radius 3 is 2.74 bits per heavy atom. The van der Waals surface area contributed by atoms with Crippen molar-refractivity contribution in [2.75, 3.05) is 13.2 Å². The zero-order chi connectivity index (χ0) is 13.5. The van der Waals surface area contributed by atoms with E-state index in [9.17, 15) is 0 Å². The minimum atomic E-state index is 0.184. The van der Waals surface area contributed by atoms with Crippen molar-refractivity contribution >= 4 is 0 Å². The van der Waals surface area contributed by atoms with Crippen LogP contribution in [-0.2, 0) is 0 Å². The van der Waals surface area contributed by atoms with Gasteiger partial charge in [0.25, 0.3) is 0 Å². The van der Waals surface area contributed by atoms with Crippen molar-refractivity contribution in [3.05, 3.63) is 23.8 Å². The van der Waals surface area contributed by atoms with Crippen LogP contribution in [0.25, 0.3) is 0 Å². The number of fused-ring (bicyclic) bond motifs is 1. The van der Waals surface area contributed by atoms with Gasteiger partial charge in [0, 0.05) is 12.5 Å². The Balaban J connectivity index is 2.08. The number of unbranched alkanes of at least 4 members (excludes halogenated alkanes) is 2. The number of ether oxygens (including phenoxy) is 2. The average Bonchev–Trinajstić information content (AvgIpc) is 2.68. The normalized spacial score (nSPS) is 15.9. The third-order valence-electron chi connectivity index (χ3n) is 3.47. The number of nitrogens with one attached hydrogen (secondary N) is 1. The fourth-order valence-electron chi connectivity index (χ4n) is 2.34. The first kappa shape index (κ1) is 14.2. The predicted octanol–water partition coefficient (Wildman–Crippen LogP) is 2.93. The first-order valence-corrected chi connectivity index (χ1v) is 7.21. The average molecular weight is 264 g/mol. The summed E-state index contributed by atoms with van der Waals surface area (Å²) in [6.07, 6.45) is 5.62. The van der Waals surface area contributed by atoms with E-state index in [1.807, 2.05) is 6.07 Å². The summed E-state index contributed by atoms with van der Waals surface area (Å²) in [5.41, 5.74) is 4.07. The number of hydrazine groups is 1. The number of benzene rings is 1. The third-order valence-corrected chi connectivity index (χ3v) is 3.47. The Morgan fingerprint density at radius 2 is 2.00 bits per heavy atom. The third kappa shape index (κ3) is 3.85. The van der Waals surface area contributed by atoms with E-state index >= 15 is 0 Å². The van der Waals surface area contributed by atoms with Crippen LogP contribution in [-0.4, -0.2) is 13.2 Å². The molecule has 0 bridgehead atoms. The second-order valence-corrected chi connectivity index (χ2v) is 4.97. The van der Waals surface area contributed by atoms with Crippen molar-refractivity contribution in [1.29, 1.82) is 0 Å². The maximum Gasteiger partial charge on any atom is 0.161 e. The summed E-state index contributed by atoms with van der Waals surface area (Å²) in [7, 11) is 0. The number of nitrogens with two attached hydrogens (primary N) is 1. The lowest BCUT2D eigenvalue weighted by atomic mass is 10.0. The van der Waals surface area contributed by atoms with Crippen LogP contribution in [0.1, 0.15) is 50.6 Å². The zero-order valence-electron chi connectivity index (χ0n) is 11.7. The van der Waals surface area contributed by atoms with E-state index in [1.165, 1.54) is 24.8 Å². The lowest BCUT2D eigenvalue weighted by Crippen LogP contribution is -2.28. The van der Waals surface area contributed by atoms with Crippen LogP contribution in [0.5, 0.6) is 11.5 Å². The standard InChI is InChI=1S/C15H24N2O2/c1-2-3-4-6-13(17-16)12-7-8-14-15(11-12)19-10-5-9-18-14/h7-8,11,13,17H,2-6,9-10,16H2,1H3. The van der Waals surface area contributed by atoms with Crippen molar-refractivity contribution in [1.82, 2.24) is 5.43 Å². The summed E-state index contributed by atoms with van der Waals surface area (Å²) in [6, 6.07) is 6.30. The summed E-state index contributed by atoms with van der Waals surface area (Å²) < 4.78 is 11.4. The number of hydrogen-bond donors (Lipinski definition) is 2. The highest BCUT2D eigenvalue weighted by molar-refractivity contribution is 5.44. The van der Waals surface area contributed by atoms with Gasteiger partial charge in [-0.3, -0.25) is 11.3 Å². The maximum atomic E-state index is 5.72. The van der Waals surface area contributed by atoms with E-state index in [2.05, 4.69) is 24.5 Å². The molecule has 0 aromatic heterocycles. The summed E-state index contributed by atoms with van der Waals surface area (Å²) >= 11 is 0. The largest absolute Gasteiger partial charge is 0.490 e. The quantitative estimate of drug-likeness (QED) is 0.471. The highest BCUT2D eigenvalue weighted by atomic mass is 16.5. The first-order chi connectivity index (χ1) is 9.35. The van der Waals surface area contributed by atoms with Gasteiger partial charge in [0.1, 0.15) is 0 Å². The Hall–Kier alpha value is -1.26. The van der Waals surface area contributed by atoms with E-state index in [4.69, 9.17) is 15.3 Å². The summed E-state index contributed by atoms with van der Waals surface area (Å²) in [6.45, 7) is 3.65. The van der Waals surface area contributed by atoms with Gasteiger partial charge >= 0.3 is 0 Å². The molecule has 0 fully saturated rings. The van der Waals surface area contributed by atoms with Crippen LogP contribution in [0, 0.1) is 0 Å². The molecule has 1 aromatic rings. The van der Waals surface area contributed by atoms with Gasteiger partial charge < -0.3 is 9.47 Å². The Labute approximate surface area is 115 Å². The van der Waals surface area contributed by atoms with Crippen LogP contribution >= 0.6 is 0 Å². The minimum Gasteiger partial charge on any atom is -0.490 e. The molecule has 4 nitrogen and oxygen atoms in total. The number of rotatable bonds is 6. The molecule has 1 aliphatic heterocycles. The predicted molar refractivity (Wildman–Crippen MR) is 76.3 cm³/mol. The van der Waals surface area contributed by atoms with Crippen LogP contribution in [0.2, 0.25) is 0 Å². The van der Waals surface area contributed by atoms with E-state index in [-0.39, 0.29) is 6.04 Å². The molecule has 2 rings (SSSR count). The lowest BCUT2D eigenvalue weighted by molar-refractivity contribution is 0.297. The Kier molecular flexibility index (Phi) is 5.48. The van der Waals surface area contributed by atoms with Crippen molar-refractivity contribution in [2.24, 2.45) is 5.84 Å². The van der Waals surface area contributed by atoms with Gasteiger partial charge in [0.05, 0.1) is 13.2 Å². The van der Waals surface area contributed by atoms with Crippen LogP contribution in [0.3, 0.4) is 0 Å². The molecular weight excluding hydrogens is 240 g/mol. The molecule has 1 aliphatic rings. The fourth-order valence-corrected chi connectivity index (χ4v) is 2.34. The molecule has 0 radical (unpaired) electrons. The summed E-state index contributed by atoms with van der Waals surface area (Å²) in [4.78, 5) is 0. The molecule has 1 aromatic carbocycles. The van der Waals surface area contributed by atoms with E-state index in [1.54, 1.807) is 0 Å². The second kappa shape index (κ2) is 7.36. The molecule has 0 amide bonds. The maximum absolute atomic E-state index is 5.72.